The Morgan fingerprint density at radius 3 is 2.32 bits per heavy atom. The molecule has 3 unspecified atom stereocenters. The Hall–Kier alpha value is -2.98. The van der Waals surface area contributed by atoms with E-state index in [1.807, 2.05) is 0 Å². The van der Waals surface area contributed by atoms with Gasteiger partial charge in [-0.1, -0.05) is 74.4 Å². The molecule has 0 bridgehead atoms. The number of hydrogen-bond acceptors (Lipinski definition) is 8. The molecule has 2 aliphatic heterocycles. The van der Waals surface area contributed by atoms with Crippen LogP contribution in [0.25, 0.3) is 0 Å². The highest BCUT2D eigenvalue weighted by molar-refractivity contribution is 9.10. The van der Waals surface area contributed by atoms with Gasteiger partial charge in [0.2, 0.25) is 27.7 Å². The minimum atomic E-state index is -3.91. The second kappa shape index (κ2) is 11.7. The Morgan fingerprint density at radius 1 is 0.977 bits per heavy atom. The van der Waals surface area contributed by atoms with Crippen LogP contribution >= 0.6 is 62.2 Å². The van der Waals surface area contributed by atoms with Crippen molar-refractivity contribution < 1.29 is 22.8 Å². The SMILES string of the molecule is NS(=O)(=O)c1ccc(NC(=O)Cn2c3c(sc2=O)C(c2cccc(Cl)c2Cl)C2C(=O)N(c4ccc(Br)cc4)C(=O)C2S3)cc1. The van der Waals surface area contributed by atoms with Gasteiger partial charge < -0.3 is 5.32 Å². The molecule has 3 N–H and O–H groups in total. The predicted molar refractivity (Wildman–Crippen MR) is 173 cm³/mol. The minimum Gasteiger partial charge on any atom is -0.325 e. The largest absolute Gasteiger partial charge is 0.325 e. The van der Waals surface area contributed by atoms with E-state index in [2.05, 4.69) is 21.2 Å². The molecule has 44 heavy (non-hydrogen) atoms. The van der Waals surface area contributed by atoms with Crippen molar-refractivity contribution in [1.82, 2.24) is 4.57 Å². The number of aromatic nitrogens is 1. The van der Waals surface area contributed by atoms with Crippen LogP contribution in [0, 0.1) is 5.92 Å². The molecule has 1 saturated heterocycles. The number of nitrogens with zero attached hydrogens (tertiary/aromatic N) is 2. The molecule has 3 atom stereocenters. The van der Waals surface area contributed by atoms with Crippen molar-refractivity contribution in [3.05, 3.63) is 101 Å². The predicted octanol–water partition coefficient (Wildman–Crippen LogP) is 5.06. The molecule has 0 aliphatic carbocycles. The van der Waals surface area contributed by atoms with Crippen molar-refractivity contribution in [1.29, 1.82) is 0 Å². The van der Waals surface area contributed by atoms with E-state index in [9.17, 15) is 27.6 Å². The highest BCUT2D eigenvalue weighted by atomic mass is 79.9. The van der Waals surface area contributed by atoms with Gasteiger partial charge in [0.05, 0.1) is 31.6 Å². The number of thioether (sulfide) groups is 1. The number of primary sulfonamides is 1. The molecule has 3 aromatic carbocycles. The lowest BCUT2D eigenvalue weighted by atomic mass is 9.83. The zero-order valence-corrected chi connectivity index (χ0v) is 27.6. The summed E-state index contributed by atoms with van der Waals surface area (Å²) >= 11 is 18.3. The Labute approximate surface area is 277 Å². The molecule has 1 aromatic heterocycles. The van der Waals surface area contributed by atoms with Crippen LogP contribution in [-0.4, -0.2) is 36.0 Å². The number of imide groups is 1. The van der Waals surface area contributed by atoms with Gasteiger partial charge in [0, 0.05) is 21.0 Å². The van der Waals surface area contributed by atoms with Gasteiger partial charge in [-0.3, -0.25) is 23.7 Å². The normalized spacial score (nSPS) is 19.5. The summed E-state index contributed by atoms with van der Waals surface area (Å²) in [5, 5.41) is 7.69. The average Bonchev–Trinajstić information content (AvgIpc) is 3.41. The molecule has 6 rings (SSSR count). The van der Waals surface area contributed by atoms with E-state index in [1.165, 1.54) is 28.8 Å². The number of sulfonamides is 1. The van der Waals surface area contributed by atoms with Crippen LogP contribution in [-0.2, 0) is 31.0 Å². The molecular formula is C28H19BrCl2N4O6S3. The Kier molecular flexibility index (Phi) is 8.28. The standard InChI is InChI=1S/C28H19BrCl2N4O6S3/c29-13-4-8-15(9-5-13)35-25(37)21-20(17-2-1-3-18(30)22(17)31)24-27(42-23(21)26(35)38)34(28(39)43-24)12-19(36)33-14-6-10-16(11-7-14)44(32,40)41/h1-11,20-21,23H,12H2,(H,33,36)(H2,32,40,41). The van der Waals surface area contributed by atoms with E-state index in [-0.39, 0.29) is 20.6 Å². The summed E-state index contributed by atoms with van der Waals surface area (Å²) in [6.45, 7) is -0.402. The third-order valence-corrected chi connectivity index (χ3v) is 12.1. The first-order valence-electron chi connectivity index (χ1n) is 12.8. The van der Waals surface area contributed by atoms with Gasteiger partial charge >= 0.3 is 4.87 Å². The lowest BCUT2D eigenvalue weighted by Crippen LogP contribution is -2.33. The third kappa shape index (κ3) is 5.53. The van der Waals surface area contributed by atoms with E-state index in [1.54, 1.807) is 42.5 Å². The fraction of sp³-hybridized carbons (Fsp3) is 0.143. The van der Waals surface area contributed by atoms with Crippen molar-refractivity contribution in [2.45, 2.75) is 27.6 Å². The third-order valence-electron chi connectivity index (χ3n) is 7.22. The molecule has 0 spiro atoms. The number of rotatable bonds is 6. The number of fused-ring (bicyclic) bond motifs is 2. The van der Waals surface area contributed by atoms with Crippen LogP contribution in [0.2, 0.25) is 10.0 Å². The van der Waals surface area contributed by atoms with Gasteiger partial charge in [0.15, 0.2) is 0 Å². The van der Waals surface area contributed by atoms with Gasteiger partial charge in [0.1, 0.15) is 11.8 Å². The summed E-state index contributed by atoms with van der Waals surface area (Å²) in [5.74, 6) is -3.13. The highest BCUT2D eigenvalue weighted by Gasteiger charge is 2.57. The topological polar surface area (TPSA) is 149 Å². The maximum Gasteiger partial charge on any atom is 0.308 e. The van der Waals surface area contributed by atoms with Gasteiger partial charge in [-0.2, -0.15) is 0 Å². The number of nitrogens with two attached hydrogens (primary N) is 1. The Bertz CT molecular complexity index is 2020. The van der Waals surface area contributed by atoms with Crippen LogP contribution < -0.4 is 20.2 Å². The molecule has 1 fully saturated rings. The van der Waals surface area contributed by atoms with Gasteiger partial charge in [-0.15, -0.1) is 0 Å². The number of anilines is 2. The zero-order chi connectivity index (χ0) is 31.5. The van der Waals surface area contributed by atoms with Crippen molar-refractivity contribution in [3.8, 4) is 0 Å². The van der Waals surface area contributed by atoms with Crippen molar-refractivity contribution in [2.75, 3.05) is 10.2 Å². The van der Waals surface area contributed by atoms with Gasteiger partial charge in [-0.05, 0) is 60.2 Å². The van der Waals surface area contributed by atoms with Gasteiger partial charge in [-0.25, -0.2) is 18.5 Å². The molecule has 4 aromatic rings. The highest BCUT2D eigenvalue weighted by Crippen LogP contribution is 2.55. The Morgan fingerprint density at radius 2 is 1.66 bits per heavy atom. The number of hydrogen-bond donors (Lipinski definition) is 2. The van der Waals surface area contributed by atoms with Crippen LogP contribution in [0.15, 0.2) is 85.9 Å². The van der Waals surface area contributed by atoms with E-state index in [0.29, 0.717) is 21.2 Å². The average molecular weight is 754 g/mol. The second-order valence-corrected chi connectivity index (χ2v) is 15.3. The molecule has 226 valence electrons. The van der Waals surface area contributed by atoms with Crippen molar-refractivity contribution >= 4 is 101 Å². The molecule has 3 amide bonds. The fourth-order valence-corrected chi connectivity index (χ4v) is 9.24. The second-order valence-electron chi connectivity index (χ2n) is 9.91. The number of carbonyl (C=O) groups is 3. The number of thiazole rings is 1. The zero-order valence-electron chi connectivity index (χ0n) is 22.1. The molecular weight excluding hydrogens is 735 g/mol. The quantitative estimate of drug-likeness (QED) is 0.262. The summed E-state index contributed by atoms with van der Waals surface area (Å²) < 4.78 is 25.1. The number of halogens is 3. The lowest BCUT2D eigenvalue weighted by Gasteiger charge is -2.31. The molecule has 10 nitrogen and oxygen atoms in total. The van der Waals surface area contributed by atoms with Crippen LogP contribution in [0.5, 0.6) is 0 Å². The maximum absolute atomic E-state index is 14.0. The van der Waals surface area contributed by atoms with Crippen LogP contribution in [0.4, 0.5) is 11.4 Å². The molecule has 0 radical (unpaired) electrons. The maximum atomic E-state index is 14.0. The molecule has 0 saturated carbocycles. The first-order valence-corrected chi connectivity index (χ1v) is 17.5. The molecule has 3 heterocycles. The summed E-state index contributed by atoms with van der Waals surface area (Å²) in [4.78, 5) is 55.3. The molecule has 2 aliphatic rings. The summed E-state index contributed by atoms with van der Waals surface area (Å²) in [7, 11) is -3.91. The van der Waals surface area contributed by atoms with Crippen molar-refractivity contribution in [2.24, 2.45) is 11.1 Å². The smallest absolute Gasteiger partial charge is 0.308 e. The summed E-state index contributed by atoms with van der Waals surface area (Å²) in [6.07, 6.45) is 0. The van der Waals surface area contributed by atoms with E-state index >= 15 is 0 Å². The molecule has 16 heteroatoms. The number of benzene rings is 3. The van der Waals surface area contributed by atoms with E-state index < -0.39 is 56.2 Å². The van der Waals surface area contributed by atoms with Gasteiger partial charge in [0.25, 0.3) is 0 Å². The number of amides is 3. The first-order chi connectivity index (χ1) is 20.8. The number of nitrogens with one attached hydrogen (secondary N) is 1. The Balaban J connectivity index is 1.39. The van der Waals surface area contributed by atoms with E-state index in [0.717, 1.165) is 32.5 Å². The number of carbonyl (C=O) groups excluding carboxylic acids is 3. The fourth-order valence-electron chi connectivity index (χ4n) is 5.27. The van der Waals surface area contributed by atoms with E-state index in [4.69, 9.17) is 28.3 Å². The minimum absolute atomic E-state index is 0.122. The first kappa shape index (κ1) is 31.0. The van der Waals surface area contributed by atoms with Crippen LogP contribution in [0.3, 0.4) is 0 Å². The monoisotopic (exact) mass is 752 g/mol. The van der Waals surface area contributed by atoms with Crippen LogP contribution in [0.1, 0.15) is 16.4 Å². The summed E-state index contributed by atoms with van der Waals surface area (Å²) in [5.41, 5.74) is 1.18. The summed E-state index contributed by atoms with van der Waals surface area (Å²) in [6, 6.07) is 17.0. The van der Waals surface area contributed by atoms with Crippen molar-refractivity contribution in [3.63, 3.8) is 0 Å². The lowest BCUT2D eigenvalue weighted by molar-refractivity contribution is -0.122.